The van der Waals surface area contributed by atoms with E-state index in [1.807, 2.05) is 6.08 Å². The van der Waals surface area contributed by atoms with Crippen molar-refractivity contribution >= 4 is 28.3 Å². The quantitative estimate of drug-likeness (QED) is 0.719. The van der Waals surface area contributed by atoms with Gasteiger partial charge < -0.3 is 10.4 Å². The summed E-state index contributed by atoms with van der Waals surface area (Å²) in [5, 5.41) is 12.9. The molecule has 0 bridgehead atoms. The number of nitrogens with zero attached hydrogens (tertiary/aromatic N) is 1. The van der Waals surface area contributed by atoms with E-state index in [0.717, 1.165) is 9.88 Å². The number of benzene rings is 1. The third-order valence-corrected chi connectivity index (χ3v) is 4.30. The summed E-state index contributed by atoms with van der Waals surface area (Å²) in [6.45, 7) is 0.930. The Morgan fingerprint density at radius 1 is 1.40 bits per heavy atom. The van der Waals surface area contributed by atoms with Crippen LogP contribution in [0.25, 0.3) is 5.57 Å². The number of phenols is 1. The van der Waals surface area contributed by atoms with Crippen LogP contribution in [-0.4, -0.2) is 34.9 Å². The van der Waals surface area contributed by atoms with Crippen molar-refractivity contribution in [1.29, 1.82) is 0 Å². The summed E-state index contributed by atoms with van der Waals surface area (Å²) in [5.41, 5.74) is 0.888. The molecular weight excluding hydrogens is 285 g/mol. The number of halogens is 1. The minimum Gasteiger partial charge on any atom is -0.506 e. The first-order chi connectivity index (χ1) is 9.58. The van der Waals surface area contributed by atoms with Crippen LogP contribution in [0.2, 0.25) is 0 Å². The third-order valence-electron chi connectivity index (χ3n) is 3.19. The van der Waals surface area contributed by atoms with Crippen molar-refractivity contribution in [3.63, 3.8) is 0 Å². The first-order valence-corrected chi connectivity index (χ1v) is 7.09. The van der Waals surface area contributed by atoms with Crippen molar-refractivity contribution in [3.05, 3.63) is 29.6 Å². The molecule has 0 aromatic heterocycles. The fraction of sp³-hybridized carbons (Fsp3) is 0.250. The van der Waals surface area contributed by atoms with Crippen LogP contribution >= 0.6 is 0 Å². The van der Waals surface area contributed by atoms with E-state index < -0.39 is 22.9 Å². The van der Waals surface area contributed by atoms with Crippen molar-refractivity contribution in [2.75, 3.05) is 23.9 Å². The lowest BCUT2D eigenvalue weighted by molar-refractivity contribution is -0.117. The minimum absolute atomic E-state index is 0.216. The summed E-state index contributed by atoms with van der Waals surface area (Å²) in [6.07, 6.45) is 1.85. The van der Waals surface area contributed by atoms with Gasteiger partial charge in [-0.15, -0.1) is 0 Å². The van der Waals surface area contributed by atoms with Crippen molar-refractivity contribution in [1.82, 2.24) is 10.0 Å². The number of carbonyl (C=O) groups excluding carboxylic acids is 1. The molecule has 1 unspecified atom stereocenters. The fourth-order valence-corrected chi connectivity index (χ4v) is 3.20. The smallest absolute Gasteiger partial charge is 0.253 e. The molecule has 1 saturated heterocycles. The zero-order chi connectivity index (χ0) is 14.3. The highest BCUT2D eigenvalue weighted by Gasteiger charge is 2.32. The second kappa shape index (κ2) is 4.88. The molecule has 3 rings (SSSR count). The molecule has 2 heterocycles. The third kappa shape index (κ3) is 2.06. The number of carbonyl (C=O) groups is 1. The lowest BCUT2D eigenvalue weighted by Crippen LogP contribution is -2.24. The maximum Gasteiger partial charge on any atom is 0.253 e. The van der Waals surface area contributed by atoms with Crippen LogP contribution in [0.5, 0.6) is 5.75 Å². The second-order valence-electron chi connectivity index (χ2n) is 4.47. The Kier molecular flexibility index (Phi) is 3.19. The van der Waals surface area contributed by atoms with Crippen LogP contribution < -0.4 is 14.3 Å². The first kappa shape index (κ1) is 13.1. The molecule has 20 heavy (non-hydrogen) atoms. The van der Waals surface area contributed by atoms with E-state index >= 15 is 0 Å². The summed E-state index contributed by atoms with van der Waals surface area (Å²) in [5.74, 6) is -1.50. The lowest BCUT2D eigenvalue weighted by Gasteiger charge is -2.18. The Morgan fingerprint density at radius 3 is 2.80 bits per heavy atom. The summed E-state index contributed by atoms with van der Waals surface area (Å²) < 4.78 is 29.5. The highest BCUT2D eigenvalue weighted by molar-refractivity contribution is 7.85. The van der Waals surface area contributed by atoms with Crippen LogP contribution in [0.1, 0.15) is 5.56 Å². The molecule has 0 saturated carbocycles. The number of hydrogen-bond acceptors (Lipinski definition) is 4. The van der Waals surface area contributed by atoms with Gasteiger partial charge in [-0.25, -0.2) is 8.60 Å². The number of anilines is 1. The number of phenolic OH excluding ortho intramolecular Hbond substituents is 1. The summed E-state index contributed by atoms with van der Waals surface area (Å²) >= 11 is -1.87. The average molecular weight is 297 g/mol. The number of aromatic hydroxyl groups is 1. The van der Waals surface area contributed by atoms with Gasteiger partial charge in [0, 0.05) is 18.7 Å². The van der Waals surface area contributed by atoms with Crippen molar-refractivity contribution in [2.45, 2.75) is 0 Å². The lowest BCUT2D eigenvalue weighted by atomic mass is 10.0. The Labute approximate surface area is 117 Å². The SMILES string of the molecule is O=C1CN(c2c(O)ccc(C3=CCNC3)c2F)S(=O)N1. The molecule has 8 heteroatoms. The molecule has 1 aromatic carbocycles. The van der Waals surface area contributed by atoms with Crippen LogP contribution in [-0.2, 0) is 16.0 Å². The monoisotopic (exact) mass is 297 g/mol. The summed E-state index contributed by atoms with van der Waals surface area (Å²) in [4.78, 5) is 11.2. The molecule has 0 aliphatic carbocycles. The summed E-state index contributed by atoms with van der Waals surface area (Å²) in [7, 11) is 0. The van der Waals surface area contributed by atoms with E-state index in [9.17, 15) is 18.5 Å². The number of amides is 1. The van der Waals surface area contributed by atoms with Gasteiger partial charge in [0.15, 0.2) is 5.82 Å². The van der Waals surface area contributed by atoms with Crippen LogP contribution in [0.3, 0.4) is 0 Å². The Morgan fingerprint density at radius 2 is 2.20 bits per heavy atom. The highest BCUT2D eigenvalue weighted by atomic mass is 32.2. The van der Waals surface area contributed by atoms with Gasteiger partial charge in [0.2, 0.25) is 11.2 Å². The van der Waals surface area contributed by atoms with Crippen molar-refractivity contribution < 1.29 is 18.5 Å². The topological polar surface area (TPSA) is 81.7 Å². The second-order valence-corrected chi connectivity index (χ2v) is 5.61. The number of hydrogen-bond donors (Lipinski definition) is 3. The Hall–Kier alpha value is -1.93. The first-order valence-electron chi connectivity index (χ1n) is 5.98. The molecule has 2 aliphatic rings. The molecule has 1 amide bonds. The predicted molar refractivity (Wildman–Crippen MR) is 72.5 cm³/mol. The zero-order valence-electron chi connectivity index (χ0n) is 10.4. The van der Waals surface area contributed by atoms with Crippen LogP contribution in [0.15, 0.2) is 18.2 Å². The molecule has 2 aliphatic heterocycles. The van der Waals surface area contributed by atoms with E-state index in [1.165, 1.54) is 12.1 Å². The molecule has 1 aromatic rings. The van der Waals surface area contributed by atoms with Crippen LogP contribution in [0, 0.1) is 5.82 Å². The van der Waals surface area contributed by atoms with Gasteiger partial charge >= 0.3 is 0 Å². The van der Waals surface area contributed by atoms with Crippen molar-refractivity contribution in [2.24, 2.45) is 0 Å². The Balaban J connectivity index is 2.08. The van der Waals surface area contributed by atoms with Gasteiger partial charge in [-0.2, -0.15) is 0 Å². The van der Waals surface area contributed by atoms with E-state index in [1.54, 1.807) is 0 Å². The fourth-order valence-electron chi connectivity index (χ4n) is 2.25. The molecule has 1 fully saturated rings. The van der Waals surface area contributed by atoms with Gasteiger partial charge in [-0.05, 0) is 17.7 Å². The number of nitrogens with one attached hydrogen (secondary N) is 2. The molecular formula is C12H12FN3O3S. The molecule has 0 radical (unpaired) electrons. The van der Waals surface area contributed by atoms with Gasteiger partial charge in [-0.1, -0.05) is 6.08 Å². The molecule has 106 valence electrons. The molecule has 0 spiro atoms. The average Bonchev–Trinajstić information content (AvgIpc) is 3.00. The van der Waals surface area contributed by atoms with E-state index in [-0.39, 0.29) is 18.0 Å². The minimum atomic E-state index is -1.87. The molecule has 6 nitrogen and oxygen atoms in total. The Bertz CT molecular complexity index is 647. The van der Waals surface area contributed by atoms with Gasteiger partial charge in [0.1, 0.15) is 18.0 Å². The maximum absolute atomic E-state index is 14.6. The predicted octanol–water partition coefficient (Wildman–Crippen LogP) is 0.0328. The standard InChI is InChI=1S/C12H12FN3O3S/c13-11-8(7-3-4-14-5-7)1-2-9(17)12(11)16-6-10(18)15-20(16)19/h1-3,14,17H,4-6H2,(H,15,18). The largest absolute Gasteiger partial charge is 0.506 e. The maximum atomic E-state index is 14.6. The summed E-state index contributed by atoms with van der Waals surface area (Å²) in [6, 6.07) is 2.81. The van der Waals surface area contributed by atoms with E-state index in [4.69, 9.17) is 0 Å². The highest BCUT2D eigenvalue weighted by Crippen LogP contribution is 2.36. The van der Waals surface area contributed by atoms with Gasteiger partial charge in [-0.3, -0.25) is 13.8 Å². The van der Waals surface area contributed by atoms with Crippen LogP contribution in [0.4, 0.5) is 10.1 Å². The normalized spacial score (nSPS) is 22.1. The molecule has 1 atom stereocenters. The zero-order valence-corrected chi connectivity index (χ0v) is 11.2. The van der Waals surface area contributed by atoms with Gasteiger partial charge in [0.25, 0.3) is 5.91 Å². The van der Waals surface area contributed by atoms with Crippen molar-refractivity contribution in [3.8, 4) is 5.75 Å². The van der Waals surface area contributed by atoms with E-state index in [0.29, 0.717) is 18.7 Å². The number of rotatable bonds is 2. The molecule has 3 N–H and O–H groups in total. The van der Waals surface area contributed by atoms with Gasteiger partial charge in [0.05, 0.1) is 0 Å². The van der Waals surface area contributed by atoms with E-state index in [2.05, 4.69) is 10.0 Å².